The fourth-order valence-electron chi connectivity index (χ4n) is 5.18. The van der Waals surface area contributed by atoms with Gasteiger partial charge in [-0.1, -0.05) is 0 Å². The number of rotatable bonds is 2. The first-order chi connectivity index (χ1) is 12.0. The molecule has 1 aliphatic carbocycles. The van der Waals surface area contributed by atoms with Crippen LogP contribution >= 0.6 is 0 Å². The number of benzene rings is 1. The average Bonchev–Trinajstić information content (AvgIpc) is 3.21. The summed E-state index contributed by atoms with van der Waals surface area (Å²) in [7, 11) is 2.24. The number of nitrogens with one attached hydrogen (secondary N) is 1. The van der Waals surface area contributed by atoms with Gasteiger partial charge in [0.1, 0.15) is 5.82 Å². The molecule has 1 spiro atoms. The molecule has 6 heteroatoms. The Hall–Kier alpha value is -1.50. The van der Waals surface area contributed by atoms with Crippen LogP contribution in [0.15, 0.2) is 12.1 Å². The molecular weight excluding hydrogens is 321 g/mol. The lowest BCUT2D eigenvalue weighted by Gasteiger charge is -2.37. The molecule has 2 heterocycles. The van der Waals surface area contributed by atoms with E-state index in [0.29, 0.717) is 23.7 Å². The standard InChI is InChI=1S/C19H26FN3O2/c1-22-7-2-5-19(22)6-3-15(11-19)23-8-4-13-9-14(18(24)21-25)10-17(20)16(13)12-23/h9-10,15,25H,2-8,11-12H2,1H3,(H,21,24)/t15-,19-/m0/s1. The van der Waals surface area contributed by atoms with Crippen molar-refractivity contribution in [1.82, 2.24) is 15.3 Å². The summed E-state index contributed by atoms with van der Waals surface area (Å²) in [4.78, 5) is 16.5. The molecule has 25 heavy (non-hydrogen) atoms. The Morgan fingerprint density at radius 3 is 2.92 bits per heavy atom. The summed E-state index contributed by atoms with van der Waals surface area (Å²) >= 11 is 0. The molecule has 136 valence electrons. The Bertz CT molecular complexity index is 695. The van der Waals surface area contributed by atoms with Crippen LogP contribution in [-0.4, -0.2) is 52.6 Å². The van der Waals surface area contributed by atoms with Gasteiger partial charge in [-0.3, -0.25) is 14.9 Å². The highest BCUT2D eigenvalue weighted by atomic mass is 19.1. The molecule has 3 aliphatic rings. The Kier molecular flexibility index (Phi) is 4.30. The molecule has 1 saturated carbocycles. The first-order valence-corrected chi connectivity index (χ1v) is 9.23. The molecule has 1 saturated heterocycles. The van der Waals surface area contributed by atoms with E-state index in [9.17, 15) is 9.18 Å². The molecule has 2 N–H and O–H groups in total. The van der Waals surface area contributed by atoms with Gasteiger partial charge in [0.2, 0.25) is 0 Å². The number of nitrogens with zero attached hydrogens (tertiary/aromatic N) is 2. The van der Waals surface area contributed by atoms with Crippen LogP contribution in [0.1, 0.15) is 53.6 Å². The van der Waals surface area contributed by atoms with Crippen LogP contribution in [0, 0.1) is 5.82 Å². The van der Waals surface area contributed by atoms with E-state index in [2.05, 4.69) is 16.8 Å². The zero-order valence-electron chi connectivity index (χ0n) is 14.7. The first kappa shape index (κ1) is 16.9. The van der Waals surface area contributed by atoms with E-state index in [4.69, 9.17) is 5.21 Å². The molecular formula is C19H26FN3O2. The third-order valence-corrected chi connectivity index (χ3v) is 6.70. The van der Waals surface area contributed by atoms with Gasteiger partial charge < -0.3 is 4.90 Å². The lowest BCUT2D eigenvalue weighted by atomic mass is 9.92. The molecule has 0 bridgehead atoms. The van der Waals surface area contributed by atoms with Crippen LogP contribution in [0.2, 0.25) is 0 Å². The van der Waals surface area contributed by atoms with Crippen molar-refractivity contribution in [1.29, 1.82) is 0 Å². The third kappa shape index (κ3) is 2.86. The van der Waals surface area contributed by atoms with E-state index >= 15 is 0 Å². The number of halogens is 1. The third-order valence-electron chi connectivity index (χ3n) is 6.70. The summed E-state index contributed by atoms with van der Waals surface area (Å²) in [6.45, 7) is 2.72. The van der Waals surface area contributed by atoms with Crippen LogP contribution in [0.4, 0.5) is 4.39 Å². The van der Waals surface area contributed by atoms with Crippen molar-refractivity contribution in [3.8, 4) is 0 Å². The number of likely N-dealkylation sites (tertiary alicyclic amines) is 1. The van der Waals surface area contributed by atoms with Gasteiger partial charge in [0, 0.05) is 35.8 Å². The van der Waals surface area contributed by atoms with Gasteiger partial charge in [-0.05, 0) is 69.8 Å². The quantitative estimate of drug-likeness (QED) is 0.637. The average molecular weight is 347 g/mol. The zero-order valence-corrected chi connectivity index (χ0v) is 14.7. The molecule has 1 aromatic carbocycles. The van der Waals surface area contributed by atoms with Crippen LogP contribution in [0.25, 0.3) is 0 Å². The van der Waals surface area contributed by atoms with Crippen molar-refractivity contribution in [3.63, 3.8) is 0 Å². The second-order valence-corrected chi connectivity index (χ2v) is 7.90. The highest BCUT2D eigenvalue weighted by Gasteiger charge is 2.46. The number of amides is 1. The van der Waals surface area contributed by atoms with E-state index in [1.54, 1.807) is 11.5 Å². The first-order valence-electron chi connectivity index (χ1n) is 9.23. The minimum absolute atomic E-state index is 0.180. The maximum absolute atomic E-state index is 14.5. The monoisotopic (exact) mass is 347 g/mol. The number of hydroxylamine groups is 1. The highest BCUT2D eigenvalue weighted by Crippen LogP contribution is 2.44. The van der Waals surface area contributed by atoms with Gasteiger partial charge in [-0.2, -0.15) is 0 Å². The van der Waals surface area contributed by atoms with Crippen LogP contribution in [-0.2, 0) is 13.0 Å². The lowest BCUT2D eigenvalue weighted by Crippen LogP contribution is -2.43. The normalized spacial score (nSPS) is 30.0. The molecule has 0 radical (unpaired) electrons. The summed E-state index contributed by atoms with van der Waals surface area (Å²) in [6.07, 6.45) is 6.94. The zero-order chi connectivity index (χ0) is 17.6. The topological polar surface area (TPSA) is 55.8 Å². The molecule has 2 aliphatic heterocycles. The molecule has 1 amide bonds. The maximum Gasteiger partial charge on any atom is 0.274 e. The summed E-state index contributed by atoms with van der Waals surface area (Å²) in [5.74, 6) is -1.00. The predicted molar refractivity (Wildman–Crippen MR) is 92.0 cm³/mol. The smallest absolute Gasteiger partial charge is 0.274 e. The van der Waals surface area contributed by atoms with Crippen molar-refractivity contribution in [2.24, 2.45) is 0 Å². The second-order valence-electron chi connectivity index (χ2n) is 7.90. The number of hydrogen-bond donors (Lipinski definition) is 2. The molecule has 0 aromatic heterocycles. The second kappa shape index (κ2) is 6.34. The summed E-state index contributed by atoms with van der Waals surface area (Å²) in [5, 5.41) is 8.76. The van der Waals surface area contributed by atoms with E-state index in [-0.39, 0.29) is 11.4 Å². The fourth-order valence-corrected chi connectivity index (χ4v) is 5.18. The summed E-state index contributed by atoms with van der Waals surface area (Å²) < 4.78 is 14.5. The minimum atomic E-state index is -0.661. The predicted octanol–water partition coefficient (Wildman–Crippen LogP) is 2.32. The molecule has 1 aromatic rings. The maximum atomic E-state index is 14.5. The summed E-state index contributed by atoms with van der Waals surface area (Å²) in [5.41, 5.74) is 3.73. The van der Waals surface area contributed by atoms with Gasteiger partial charge >= 0.3 is 0 Å². The summed E-state index contributed by atoms with van der Waals surface area (Å²) in [6, 6.07) is 3.46. The minimum Gasteiger partial charge on any atom is -0.301 e. The van der Waals surface area contributed by atoms with Crippen molar-refractivity contribution >= 4 is 5.91 Å². The fraction of sp³-hybridized carbons (Fsp3) is 0.632. The number of carbonyl (C=O) groups is 1. The SMILES string of the molecule is CN1CCC[C@@]12CC[C@H](N1CCc3cc(C(=O)NO)cc(F)c3C1)C2. The van der Waals surface area contributed by atoms with Crippen molar-refractivity contribution in [2.75, 3.05) is 20.1 Å². The van der Waals surface area contributed by atoms with Crippen LogP contribution in [0.3, 0.4) is 0 Å². The Labute approximate surface area is 147 Å². The van der Waals surface area contributed by atoms with Crippen LogP contribution < -0.4 is 5.48 Å². The molecule has 5 nitrogen and oxygen atoms in total. The highest BCUT2D eigenvalue weighted by molar-refractivity contribution is 5.93. The molecule has 2 fully saturated rings. The Morgan fingerprint density at radius 2 is 2.20 bits per heavy atom. The van der Waals surface area contributed by atoms with E-state index in [1.165, 1.54) is 44.7 Å². The van der Waals surface area contributed by atoms with Gasteiger partial charge in [0.25, 0.3) is 5.91 Å². The number of fused-ring (bicyclic) bond motifs is 1. The number of carbonyl (C=O) groups excluding carboxylic acids is 1. The largest absolute Gasteiger partial charge is 0.301 e. The van der Waals surface area contributed by atoms with Gasteiger partial charge in [0.15, 0.2) is 0 Å². The van der Waals surface area contributed by atoms with Gasteiger partial charge in [0.05, 0.1) is 0 Å². The Balaban J connectivity index is 1.51. The molecule has 4 rings (SSSR count). The van der Waals surface area contributed by atoms with Crippen molar-refractivity contribution in [2.45, 2.75) is 56.7 Å². The van der Waals surface area contributed by atoms with E-state index in [1.807, 2.05) is 0 Å². The van der Waals surface area contributed by atoms with Crippen molar-refractivity contribution in [3.05, 3.63) is 34.6 Å². The Morgan fingerprint density at radius 1 is 1.36 bits per heavy atom. The molecule has 2 atom stereocenters. The van der Waals surface area contributed by atoms with Crippen molar-refractivity contribution < 1.29 is 14.4 Å². The van der Waals surface area contributed by atoms with E-state index < -0.39 is 5.91 Å². The van der Waals surface area contributed by atoms with Gasteiger partial charge in [-0.25, -0.2) is 9.87 Å². The lowest BCUT2D eigenvalue weighted by molar-refractivity contribution is 0.0705. The van der Waals surface area contributed by atoms with Gasteiger partial charge in [-0.15, -0.1) is 0 Å². The van der Waals surface area contributed by atoms with E-state index in [0.717, 1.165) is 18.5 Å². The van der Waals surface area contributed by atoms with Crippen LogP contribution in [0.5, 0.6) is 0 Å². The number of hydrogen-bond acceptors (Lipinski definition) is 4. The molecule has 0 unspecified atom stereocenters.